The van der Waals surface area contributed by atoms with Crippen molar-refractivity contribution < 1.29 is 4.79 Å². The molecule has 2 aromatic carbocycles. The van der Waals surface area contributed by atoms with Gasteiger partial charge in [0.2, 0.25) is 0 Å². The minimum Gasteiger partial charge on any atom is -0.289 e. The van der Waals surface area contributed by atoms with Gasteiger partial charge in [-0.1, -0.05) is 41.9 Å². The van der Waals surface area contributed by atoms with Crippen LogP contribution in [0, 0.1) is 0 Å². The van der Waals surface area contributed by atoms with Crippen LogP contribution in [-0.2, 0) is 4.79 Å². The number of hydrogen-bond acceptors (Lipinski definition) is 4. The van der Waals surface area contributed by atoms with E-state index in [2.05, 4.69) is 10.5 Å². The number of benzene rings is 2. The molecule has 1 heterocycles. The summed E-state index contributed by atoms with van der Waals surface area (Å²) in [6.07, 6.45) is 0.496. The minimum absolute atomic E-state index is 0.0466. The zero-order valence-corrected chi connectivity index (χ0v) is 12.5. The quantitative estimate of drug-likeness (QED) is 0.520. The van der Waals surface area contributed by atoms with Gasteiger partial charge < -0.3 is 0 Å². The van der Waals surface area contributed by atoms with Crippen molar-refractivity contribution in [3.05, 3.63) is 65.2 Å². The molecule has 0 radical (unpaired) electrons. The molecular formula is C16H15ClN4O. The van der Waals surface area contributed by atoms with E-state index in [1.165, 1.54) is 0 Å². The lowest BCUT2D eigenvalue weighted by molar-refractivity contribution is -0.114. The molecule has 112 valence electrons. The smallest absolute Gasteiger partial charge is 0.281 e. The van der Waals surface area contributed by atoms with Crippen LogP contribution in [0.4, 0.5) is 5.69 Å². The van der Waals surface area contributed by atoms with Crippen LogP contribution >= 0.6 is 11.6 Å². The van der Waals surface area contributed by atoms with Gasteiger partial charge in [0.25, 0.3) is 5.91 Å². The zero-order chi connectivity index (χ0) is 15.5. The first-order valence-corrected chi connectivity index (χ1v) is 7.25. The topological polar surface area (TPSA) is 70.7 Å². The van der Waals surface area contributed by atoms with Crippen LogP contribution in [0.2, 0.25) is 5.02 Å². The van der Waals surface area contributed by atoms with E-state index in [1.807, 2.05) is 47.5 Å². The number of hydrogen-bond donors (Lipinski definition) is 2. The molecule has 3 rings (SSSR count). The number of amides is 1. The van der Waals surface area contributed by atoms with E-state index in [0.29, 0.717) is 17.2 Å². The van der Waals surface area contributed by atoms with Gasteiger partial charge in [0.1, 0.15) is 5.71 Å². The highest BCUT2D eigenvalue weighted by Crippen LogP contribution is 2.35. The lowest BCUT2D eigenvalue weighted by Crippen LogP contribution is -2.35. The molecule has 0 saturated heterocycles. The number of rotatable bonds is 3. The first-order chi connectivity index (χ1) is 10.7. The van der Waals surface area contributed by atoms with Crippen LogP contribution in [0.15, 0.2) is 59.7 Å². The number of halogens is 1. The van der Waals surface area contributed by atoms with Gasteiger partial charge in [-0.05, 0) is 29.8 Å². The maximum atomic E-state index is 11.8. The molecular weight excluding hydrogens is 300 g/mol. The number of carbonyl (C=O) groups is 1. The summed E-state index contributed by atoms with van der Waals surface area (Å²) in [5.41, 5.74) is 4.51. The summed E-state index contributed by atoms with van der Waals surface area (Å²) in [7, 11) is 0. The fraction of sp³-hybridized carbons (Fsp3) is 0.125. The Hall–Kier alpha value is -2.37. The Morgan fingerprint density at radius 1 is 1.18 bits per heavy atom. The van der Waals surface area contributed by atoms with Crippen molar-refractivity contribution in [3.8, 4) is 0 Å². The van der Waals surface area contributed by atoms with Crippen molar-refractivity contribution in [3.63, 3.8) is 0 Å². The molecule has 1 aliphatic heterocycles. The first kappa shape index (κ1) is 14.6. The molecule has 1 unspecified atom stereocenters. The number of nitrogens with two attached hydrogens (primary N) is 1. The van der Waals surface area contributed by atoms with Gasteiger partial charge in [-0.25, -0.2) is 5.84 Å². The van der Waals surface area contributed by atoms with Gasteiger partial charge in [-0.2, -0.15) is 5.10 Å². The molecule has 0 aliphatic carbocycles. The maximum absolute atomic E-state index is 11.8. The Morgan fingerprint density at radius 3 is 2.50 bits per heavy atom. The Bertz CT molecular complexity index is 700. The summed E-state index contributed by atoms with van der Waals surface area (Å²) in [5, 5.41) is 6.92. The van der Waals surface area contributed by atoms with Crippen LogP contribution in [0.3, 0.4) is 0 Å². The number of hydrazone groups is 1. The summed E-state index contributed by atoms with van der Waals surface area (Å²) < 4.78 is 0. The Morgan fingerprint density at radius 2 is 1.86 bits per heavy atom. The van der Waals surface area contributed by atoms with Crippen LogP contribution in [0.1, 0.15) is 18.0 Å². The van der Waals surface area contributed by atoms with Crippen LogP contribution < -0.4 is 16.3 Å². The number of nitrogens with zero attached hydrogens (tertiary/aromatic N) is 2. The van der Waals surface area contributed by atoms with Crippen molar-refractivity contribution in [2.45, 2.75) is 12.5 Å². The second-order valence-electron chi connectivity index (χ2n) is 4.97. The van der Waals surface area contributed by atoms with E-state index < -0.39 is 0 Å². The van der Waals surface area contributed by atoms with E-state index in [-0.39, 0.29) is 11.9 Å². The van der Waals surface area contributed by atoms with Gasteiger partial charge in [-0.3, -0.25) is 15.2 Å². The molecule has 5 nitrogen and oxygen atoms in total. The van der Waals surface area contributed by atoms with Crippen LogP contribution in [0.5, 0.6) is 0 Å². The van der Waals surface area contributed by atoms with Crippen molar-refractivity contribution in [2.24, 2.45) is 10.9 Å². The number of anilines is 1. The lowest BCUT2D eigenvalue weighted by atomic mass is 10.0. The Kier molecular flexibility index (Phi) is 4.09. The summed E-state index contributed by atoms with van der Waals surface area (Å²) in [5.74, 6) is 4.86. The minimum atomic E-state index is -0.364. The molecule has 3 N–H and O–H groups in total. The van der Waals surface area contributed by atoms with E-state index in [0.717, 1.165) is 11.3 Å². The van der Waals surface area contributed by atoms with Gasteiger partial charge in [-0.15, -0.1) is 0 Å². The fourth-order valence-corrected chi connectivity index (χ4v) is 2.62. The zero-order valence-electron chi connectivity index (χ0n) is 11.7. The Labute approximate surface area is 133 Å². The third kappa shape index (κ3) is 2.81. The summed E-state index contributed by atoms with van der Waals surface area (Å²) >= 11 is 5.94. The van der Waals surface area contributed by atoms with Crippen molar-refractivity contribution in [2.75, 3.05) is 5.01 Å². The molecule has 0 spiro atoms. The second-order valence-corrected chi connectivity index (χ2v) is 5.41. The number of nitrogens with one attached hydrogen (secondary N) is 1. The third-order valence-electron chi connectivity index (χ3n) is 3.58. The summed E-state index contributed by atoms with van der Waals surface area (Å²) in [4.78, 5) is 11.8. The highest BCUT2D eigenvalue weighted by molar-refractivity contribution is 6.39. The van der Waals surface area contributed by atoms with Gasteiger partial charge in [0.15, 0.2) is 0 Å². The average Bonchev–Trinajstić information content (AvgIpc) is 3.01. The van der Waals surface area contributed by atoms with Crippen molar-refractivity contribution >= 4 is 28.9 Å². The monoisotopic (exact) mass is 314 g/mol. The molecule has 6 heteroatoms. The van der Waals surface area contributed by atoms with Gasteiger partial charge in [0, 0.05) is 11.4 Å². The SMILES string of the molecule is NNC(=O)C1=NN(c2ccc(Cl)cc2)C(c2ccccc2)C1. The standard InChI is InChI=1S/C16H15ClN4O/c17-12-6-8-13(9-7-12)21-15(11-4-2-1-3-5-11)10-14(20-21)16(22)19-18/h1-9,15H,10,18H2,(H,19,22). The molecule has 22 heavy (non-hydrogen) atoms. The second kappa shape index (κ2) is 6.17. The van der Waals surface area contributed by atoms with Gasteiger partial charge >= 0.3 is 0 Å². The molecule has 0 aromatic heterocycles. The third-order valence-corrected chi connectivity index (χ3v) is 3.83. The largest absolute Gasteiger partial charge is 0.289 e. The molecule has 0 fully saturated rings. The van der Waals surface area contributed by atoms with E-state index in [4.69, 9.17) is 17.4 Å². The fourth-order valence-electron chi connectivity index (χ4n) is 2.50. The van der Waals surface area contributed by atoms with E-state index in [9.17, 15) is 4.79 Å². The molecule has 0 bridgehead atoms. The molecule has 1 aliphatic rings. The summed E-state index contributed by atoms with van der Waals surface area (Å²) in [6.45, 7) is 0. The first-order valence-electron chi connectivity index (χ1n) is 6.87. The van der Waals surface area contributed by atoms with Crippen molar-refractivity contribution in [1.82, 2.24) is 5.43 Å². The lowest BCUT2D eigenvalue weighted by Gasteiger charge is -2.24. The highest BCUT2D eigenvalue weighted by Gasteiger charge is 2.32. The van der Waals surface area contributed by atoms with Crippen LogP contribution in [-0.4, -0.2) is 11.6 Å². The number of carbonyl (C=O) groups excluding carboxylic acids is 1. The predicted molar refractivity (Wildman–Crippen MR) is 87.5 cm³/mol. The predicted octanol–water partition coefficient (Wildman–Crippen LogP) is 2.64. The highest BCUT2D eigenvalue weighted by atomic mass is 35.5. The van der Waals surface area contributed by atoms with Crippen LogP contribution in [0.25, 0.3) is 0 Å². The van der Waals surface area contributed by atoms with E-state index >= 15 is 0 Å². The Balaban J connectivity index is 1.98. The van der Waals surface area contributed by atoms with Crippen molar-refractivity contribution in [1.29, 1.82) is 0 Å². The molecule has 1 amide bonds. The maximum Gasteiger partial charge on any atom is 0.281 e. The summed E-state index contributed by atoms with van der Waals surface area (Å²) in [6, 6.07) is 17.3. The molecule has 1 atom stereocenters. The molecule has 2 aromatic rings. The number of hydrazine groups is 1. The van der Waals surface area contributed by atoms with E-state index in [1.54, 1.807) is 12.1 Å². The average molecular weight is 315 g/mol. The molecule has 0 saturated carbocycles. The normalized spacial score (nSPS) is 17.3. The van der Waals surface area contributed by atoms with Gasteiger partial charge in [0.05, 0.1) is 11.7 Å².